The monoisotopic (exact) mass is 470 g/mol. The van der Waals surface area contributed by atoms with Crippen molar-refractivity contribution >= 4 is 23.7 Å². The van der Waals surface area contributed by atoms with E-state index in [4.69, 9.17) is 18.3 Å². The fourth-order valence-corrected chi connectivity index (χ4v) is 3.47. The molecule has 0 spiro atoms. The van der Waals surface area contributed by atoms with Crippen LogP contribution in [0, 0.1) is 5.92 Å². The maximum absolute atomic E-state index is 12.0. The highest BCUT2D eigenvalue weighted by Crippen LogP contribution is 2.29. The maximum Gasteiger partial charge on any atom is 0.351 e. The SMILES string of the molecule is C/C=C/c1cc2c(c(=O)o1)C(=O)[C@@H](C)[C@H](C)O2.C/C=C/c1cc2c(c(=O)o1)C(=O)[C@@H](O)[C@H](C)O2. The minimum Gasteiger partial charge on any atom is -0.489 e. The lowest BCUT2D eigenvalue weighted by Crippen LogP contribution is -2.42. The normalized spacial score (nSPS) is 23.6. The quantitative estimate of drug-likeness (QED) is 0.702. The molecule has 0 aromatic carbocycles. The number of Topliss-reactive ketones (excluding diaryl/α,β-unsaturated/α-hetero) is 2. The van der Waals surface area contributed by atoms with Gasteiger partial charge in [-0.2, -0.15) is 0 Å². The fraction of sp³-hybridized carbons (Fsp3) is 0.360. The molecule has 0 unspecified atom stereocenters. The highest BCUT2D eigenvalue weighted by molar-refractivity contribution is 6.02. The molecule has 0 aliphatic carbocycles. The number of rotatable bonds is 2. The Balaban J connectivity index is 0.000000191. The molecule has 180 valence electrons. The molecule has 2 aliphatic heterocycles. The molecule has 2 aromatic heterocycles. The van der Waals surface area contributed by atoms with Crippen LogP contribution in [-0.4, -0.2) is 35.0 Å². The second-order valence-corrected chi connectivity index (χ2v) is 7.96. The predicted octanol–water partition coefficient (Wildman–Crippen LogP) is 3.27. The molecule has 9 nitrogen and oxygen atoms in total. The van der Waals surface area contributed by atoms with E-state index in [1.54, 1.807) is 51.1 Å². The van der Waals surface area contributed by atoms with Crippen LogP contribution in [0.3, 0.4) is 0 Å². The smallest absolute Gasteiger partial charge is 0.351 e. The summed E-state index contributed by atoms with van der Waals surface area (Å²) < 4.78 is 20.8. The predicted molar refractivity (Wildman–Crippen MR) is 123 cm³/mol. The zero-order valence-corrected chi connectivity index (χ0v) is 19.5. The van der Waals surface area contributed by atoms with Gasteiger partial charge in [-0.3, -0.25) is 9.59 Å². The van der Waals surface area contributed by atoms with Crippen molar-refractivity contribution in [2.75, 3.05) is 0 Å². The van der Waals surface area contributed by atoms with E-state index >= 15 is 0 Å². The number of hydrogen-bond donors (Lipinski definition) is 1. The van der Waals surface area contributed by atoms with Gasteiger partial charge in [0.15, 0.2) is 11.9 Å². The Labute approximate surface area is 195 Å². The summed E-state index contributed by atoms with van der Waals surface area (Å²) in [6.07, 6.45) is 4.47. The van der Waals surface area contributed by atoms with Gasteiger partial charge in [0.2, 0.25) is 5.78 Å². The van der Waals surface area contributed by atoms with Crippen LogP contribution in [0.1, 0.15) is 66.9 Å². The van der Waals surface area contributed by atoms with Gasteiger partial charge in [0.05, 0.1) is 5.92 Å². The van der Waals surface area contributed by atoms with Gasteiger partial charge in [-0.25, -0.2) is 9.59 Å². The van der Waals surface area contributed by atoms with Crippen molar-refractivity contribution in [1.82, 2.24) is 0 Å². The second-order valence-electron chi connectivity index (χ2n) is 7.96. The molecule has 1 N–H and O–H groups in total. The first-order valence-corrected chi connectivity index (χ1v) is 10.8. The van der Waals surface area contributed by atoms with Gasteiger partial charge >= 0.3 is 11.3 Å². The third-order valence-electron chi connectivity index (χ3n) is 5.48. The first-order chi connectivity index (χ1) is 16.1. The summed E-state index contributed by atoms with van der Waals surface area (Å²) in [5.74, 6) is 0.0116. The molecule has 0 saturated carbocycles. The maximum atomic E-state index is 12.0. The van der Waals surface area contributed by atoms with Gasteiger partial charge in [-0.1, -0.05) is 19.1 Å². The first-order valence-electron chi connectivity index (χ1n) is 10.8. The minimum absolute atomic E-state index is 0.0313. The third-order valence-corrected chi connectivity index (χ3v) is 5.48. The molecule has 2 aromatic rings. The molecule has 0 saturated heterocycles. The van der Waals surface area contributed by atoms with Gasteiger partial charge < -0.3 is 23.4 Å². The number of carbonyl (C=O) groups is 2. The minimum atomic E-state index is -1.32. The van der Waals surface area contributed by atoms with Crippen LogP contribution in [-0.2, 0) is 0 Å². The van der Waals surface area contributed by atoms with Crippen LogP contribution in [0.4, 0.5) is 0 Å². The van der Waals surface area contributed by atoms with Crippen LogP contribution in [0.2, 0.25) is 0 Å². The molecular formula is C25H26O9. The highest BCUT2D eigenvalue weighted by Gasteiger charge is 2.36. The molecule has 0 fully saturated rings. The van der Waals surface area contributed by atoms with E-state index in [1.165, 1.54) is 6.07 Å². The van der Waals surface area contributed by atoms with E-state index in [9.17, 15) is 24.3 Å². The van der Waals surface area contributed by atoms with Crippen LogP contribution < -0.4 is 20.7 Å². The molecule has 0 amide bonds. The van der Waals surface area contributed by atoms with Crippen molar-refractivity contribution in [2.24, 2.45) is 5.92 Å². The summed E-state index contributed by atoms with van der Waals surface area (Å²) in [5.41, 5.74) is -1.60. The molecule has 34 heavy (non-hydrogen) atoms. The number of fused-ring (bicyclic) bond motifs is 2. The Morgan fingerprint density at radius 3 is 1.65 bits per heavy atom. The van der Waals surface area contributed by atoms with E-state index in [1.807, 2.05) is 13.8 Å². The van der Waals surface area contributed by atoms with Crippen LogP contribution in [0.5, 0.6) is 11.5 Å². The number of aliphatic hydroxyl groups excluding tert-OH is 1. The molecule has 4 atom stereocenters. The lowest BCUT2D eigenvalue weighted by atomic mass is 9.92. The summed E-state index contributed by atoms with van der Waals surface area (Å²) in [7, 11) is 0. The van der Waals surface area contributed by atoms with Crippen LogP contribution in [0.25, 0.3) is 12.2 Å². The summed E-state index contributed by atoms with van der Waals surface area (Å²) in [6.45, 7) is 8.72. The van der Waals surface area contributed by atoms with E-state index in [0.717, 1.165) is 0 Å². The van der Waals surface area contributed by atoms with Gasteiger partial charge in [-0.15, -0.1) is 0 Å². The topological polar surface area (TPSA) is 133 Å². The fourth-order valence-electron chi connectivity index (χ4n) is 3.47. The van der Waals surface area contributed by atoms with E-state index in [2.05, 4.69) is 0 Å². The molecule has 0 bridgehead atoms. The van der Waals surface area contributed by atoms with Crippen molar-refractivity contribution in [3.8, 4) is 11.5 Å². The molecule has 4 heterocycles. The standard InChI is InChI=1S/C13H14O4.C12H12O5/c1-4-5-9-6-10-11(13(15)17-9)12(14)7(2)8(3)16-10;1-3-4-7-5-8-9(12(15)17-7)11(14)10(13)6(2)16-8/h4-8H,1-3H3;3-6,10,13H,1-2H3/b5-4+;4-3+/t7-,8-;6-,10-/m00/s1. The summed E-state index contributed by atoms with van der Waals surface area (Å²) in [5, 5.41) is 9.52. The second kappa shape index (κ2) is 10.0. The van der Waals surface area contributed by atoms with E-state index in [0.29, 0.717) is 17.3 Å². The number of allylic oxidation sites excluding steroid dienone is 2. The Hall–Kier alpha value is -3.72. The molecule has 2 aliphatic rings. The largest absolute Gasteiger partial charge is 0.489 e. The lowest BCUT2D eigenvalue weighted by molar-refractivity contribution is 0.0280. The molecule has 9 heteroatoms. The highest BCUT2D eigenvalue weighted by atomic mass is 16.5. The Bertz CT molecular complexity index is 1180. The number of hydrogen-bond acceptors (Lipinski definition) is 9. The zero-order chi connectivity index (χ0) is 25.2. The van der Waals surface area contributed by atoms with Crippen molar-refractivity contribution in [1.29, 1.82) is 0 Å². The average molecular weight is 470 g/mol. The Kier molecular flexibility index (Phi) is 7.36. The van der Waals surface area contributed by atoms with Crippen molar-refractivity contribution in [3.63, 3.8) is 0 Å². The Morgan fingerprint density at radius 2 is 1.18 bits per heavy atom. The molecule has 0 radical (unpaired) electrons. The lowest BCUT2D eigenvalue weighted by Gasteiger charge is -2.26. The number of carbonyl (C=O) groups excluding carboxylic acids is 2. The van der Waals surface area contributed by atoms with Crippen molar-refractivity contribution in [3.05, 3.63) is 67.8 Å². The van der Waals surface area contributed by atoms with Crippen LogP contribution in [0.15, 0.2) is 42.7 Å². The first kappa shape index (κ1) is 24.9. The summed E-state index contributed by atoms with van der Waals surface area (Å²) >= 11 is 0. The van der Waals surface area contributed by atoms with Crippen LogP contribution >= 0.6 is 0 Å². The number of ether oxygens (including phenoxy) is 2. The number of aliphatic hydroxyl groups is 1. The molecule has 4 rings (SSSR count). The third kappa shape index (κ3) is 4.79. The van der Waals surface area contributed by atoms with Gasteiger partial charge in [0.1, 0.15) is 46.4 Å². The zero-order valence-electron chi connectivity index (χ0n) is 19.5. The van der Waals surface area contributed by atoms with Crippen molar-refractivity contribution in [2.45, 2.75) is 52.9 Å². The van der Waals surface area contributed by atoms with E-state index < -0.39 is 29.2 Å². The van der Waals surface area contributed by atoms with Gasteiger partial charge in [-0.05, 0) is 39.8 Å². The van der Waals surface area contributed by atoms with Gasteiger partial charge in [0, 0.05) is 12.1 Å². The Morgan fingerprint density at radius 1 is 0.735 bits per heavy atom. The molecular weight excluding hydrogens is 444 g/mol. The summed E-state index contributed by atoms with van der Waals surface area (Å²) in [4.78, 5) is 47.0. The van der Waals surface area contributed by atoms with E-state index in [-0.39, 0.29) is 34.7 Å². The summed E-state index contributed by atoms with van der Waals surface area (Å²) in [6, 6.07) is 3.05. The van der Waals surface area contributed by atoms with Crippen molar-refractivity contribution < 1.29 is 33.0 Å². The number of ketones is 2. The van der Waals surface area contributed by atoms with Gasteiger partial charge in [0.25, 0.3) is 0 Å². The average Bonchev–Trinajstić information content (AvgIpc) is 2.76.